The lowest BCUT2D eigenvalue weighted by Gasteiger charge is -2.36. The summed E-state index contributed by atoms with van der Waals surface area (Å²) in [6.45, 7) is 3.11. The van der Waals surface area contributed by atoms with Crippen molar-refractivity contribution in [3.8, 4) is 0 Å². The molecule has 0 amide bonds. The zero-order valence-corrected chi connectivity index (χ0v) is 15.4. The van der Waals surface area contributed by atoms with Crippen LogP contribution in [0.5, 0.6) is 0 Å². The minimum Gasteiger partial charge on any atom is -0.463 e. The number of hydrogen-bond acceptors (Lipinski definition) is 2. The zero-order chi connectivity index (χ0) is 17.2. The van der Waals surface area contributed by atoms with Crippen LogP contribution in [0.15, 0.2) is 47.1 Å². The molecule has 132 valence electrons. The smallest absolute Gasteiger partial charge is 0.171 e. The minimum absolute atomic E-state index is 0.474. The van der Waals surface area contributed by atoms with Crippen molar-refractivity contribution in [2.24, 2.45) is 0 Å². The molecule has 2 fully saturated rings. The van der Waals surface area contributed by atoms with E-state index in [9.17, 15) is 0 Å². The van der Waals surface area contributed by atoms with Crippen molar-refractivity contribution in [1.82, 2.24) is 5.32 Å². The van der Waals surface area contributed by atoms with Gasteiger partial charge in [0.15, 0.2) is 10.9 Å². The summed E-state index contributed by atoms with van der Waals surface area (Å²) in [5.41, 5.74) is 2.30. The van der Waals surface area contributed by atoms with E-state index in [0.29, 0.717) is 18.1 Å². The van der Waals surface area contributed by atoms with Crippen LogP contribution in [0.3, 0.4) is 0 Å². The fourth-order valence-corrected chi connectivity index (χ4v) is 4.78. The fourth-order valence-electron chi connectivity index (χ4n) is 4.51. The zero-order valence-electron chi connectivity index (χ0n) is 14.6. The molecule has 3 heterocycles. The third-order valence-corrected chi connectivity index (χ3v) is 5.96. The maximum absolute atomic E-state index is 5.56. The highest BCUT2D eigenvalue weighted by Gasteiger charge is 2.44. The standard InChI is InChI=1S/C20H25N3OS/c1-14-5-2-3-7-19(14)22-20(25)21-15-11-16-8-9-17(12-15)23(16)13-18-6-4-10-24-18/h2-7,10,15-17H,8-9,11-13H2,1H3,(H2,21,22,25)/p+1/t16-,17-/m1/s1. The Bertz CT molecular complexity index is 716. The van der Waals surface area contributed by atoms with Gasteiger partial charge in [-0.3, -0.25) is 0 Å². The lowest BCUT2D eigenvalue weighted by Crippen LogP contribution is -3.17. The van der Waals surface area contributed by atoms with Crippen molar-refractivity contribution >= 4 is 23.0 Å². The summed E-state index contributed by atoms with van der Waals surface area (Å²) < 4.78 is 5.56. The lowest BCUT2D eigenvalue weighted by molar-refractivity contribution is -0.955. The van der Waals surface area contributed by atoms with Gasteiger partial charge >= 0.3 is 0 Å². The molecule has 4 rings (SSSR count). The highest BCUT2D eigenvalue weighted by atomic mass is 32.1. The van der Waals surface area contributed by atoms with E-state index in [0.717, 1.165) is 23.1 Å². The third kappa shape index (κ3) is 3.72. The second-order valence-corrected chi connectivity index (χ2v) is 7.79. The number of furan rings is 1. The first-order valence-electron chi connectivity index (χ1n) is 9.20. The lowest BCUT2D eigenvalue weighted by atomic mass is 9.97. The Morgan fingerprint density at radius 3 is 2.60 bits per heavy atom. The number of fused-ring (bicyclic) bond motifs is 2. The molecule has 2 saturated heterocycles. The highest BCUT2D eigenvalue weighted by Crippen LogP contribution is 2.24. The van der Waals surface area contributed by atoms with Crippen molar-refractivity contribution in [1.29, 1.82) is 0 Å². The van der Waals surface area contributed by atoms with E-state index >= 15 is 0 Å². The number of rotatable bonds is 4. The quantitative estimate of drug-likeness (QED) is 0.737. The van der Waals surface area contributed by atoms with Crippen molar-refractivity contribution < 1.29 is 9.32 Å². The molecule has 2 aromatic rings. The molecule has 0 radical (unpaired) electrons. The third-order valence-electron chi connectivity index (χ3n) is 5.74. The summed E-state index contributed by atoms with van der Waals surface area (Å²) in [4.78, 5) is 1.70. The Morgan fingerprint density at radius 2 is 1.92 bits per heavy atom. The van der Waals surface area contributed by atoms with E-state index < -0.39 is 0 Å². The van der Waals surface area contributed by atoms with Gasteiger partial charge in [-0.1, -0.05) is 18.2 Å². The van der Waals surface area contributed by atoms with E-state index in [1.165, 1.54) is 31.2 Å². The van der Waals surface area contributed by atoms with Crippen molar-refractivity contribution in [2.75, 3.05) is 5.32 Å². The van der Waals surface area contributed by atoms with Gasteiger partial charge in [0.1, 0.15) is 6.54 Å². The Labute approximate surface area is 154 Å². The van der Waals surface area contributed by atoms with E-state index in [1.54, 1.807) is 11.2 Å². The second-order valence-electron chi connectivity index (χ2n) is 7.38. The molecule has 1 aromatic heterocycles. The first-order valence-corrected chi connectivity index (χ1v) is 9.61. The van der Waals surface area contributed by atoms with E-state index in [2.05, 4.69) is 35.8 Å². The summed E-state index contributed by atoms with van der Waals surface area (Å²) in [7, 11) is 0. The summed E-state index contributed by atoms with van der Waals surface area (Å²) in [5, 5.41) is 7.66. The van der Waals surface area contributed by atoms with Crippen LogP contribution >= 0.6 is 12.2 Å². The molecular weight excluding hydrogens is 330 g/mol. The molecule has 0 aliphatic carbocycles. The van der Waals surface area contributed by atoms with Gasteiger partial charge in [-0.05, 0) is 42.9 Å². The Morgan fingerprint density at radius 1 is 1.16 bits per heavy atom. The molecule has 25 heavy (non-hydrogen) atoms. The van der Waals surface area contributed by atoms with Crippen molar-refractivity contribution in [2.45, 2.75) is 57.3 Å². The van der Waals surface area contributed by atoms with Crippen LogP contribution in [0.25, 0.3) is 0 Å². The molecule has 4 nitrogen and oxygen atoms in total. The van der Waals surface area contributed by atoms with Crippen LogP contribution in [-0.4, -0.2) is 23.2 Å². The largest absolute Gasteiger partial charge is 0.463 e. The molecule has 2 atom stereocenters. The second kappa shape index (κ2) is 7.18. The number of nitrogens with one attached hydrogen (secondary N) is 3. The van der Waals surface area contributed by atoms with Gasteiger partial charge < -0.3 is 20.0 Å². The fraction of sp³-hybridized carbons (Fsp3) is 0.450. The van der Waals surface area contributed by atoms with E-state index in [4.69, 9.17) is 16.6 Å². The summed E-state index contributed by atoms with van der Waals surface area (Å²) in [5.74, 6) is 1.11. The summed E-state index contributed by atoms with van der Waals surface area (Å²) >= 11 is 5.55. The summed E-state index contributed by atoms with van der Waals surface area (Å²) in [6, 6.07) is 14.2. The molecule has 0 unspecified atom stereocenters. The molecule has 5 heteroatoms. The maximum atomic E-state index is 5.56. The average molecular weight is 357 g/mol. The number of benzene rings is 1. The van der Waals surface area contributed by atoms with Gasteiger partial charge in [0.25, 0.3) is 0 Å². The van der Waals surface area contributed by atoms with Gasteiger partial charge in [0.2, 0.25) is 0 Å². The minimum atomic E-state index is 0.474. The van der Waals surface area contributed by atoms with Crippen LogP contribution in [-0.2, 0) is 6.54 Å². The first kappa shape index (κ1) is 16.6. The van der Waals surface area contributed by atoms with E-state index in [1.807, 2.05) is 18.2 Å². The van der Waals surface area contributed by atoms with Crippen LogP contribution in [0.4, 0.5) is 5.69 Å². The Hall–Kier alpha value is -1.85. The molecule has 1 aromatic carbocycles. The molecule has 2 aliphatic rings. The number of anilines is 1. The molecule has 2 aliphatic heterocycles. The predicted molar refractivity (Wildman–Crippen MR) is 104 cm³/mol. The van der Waals surface area contributed by atoms with Crippen LogP contribution in [0.1, 0.15) is 37.0 Å². The van der Waals surface area contributed by atoms with Crippen molar-refractivity contribution in [3.63, 3.8) is 0 Å². The van der Waals surface area contributed by atoms with Crippen LogP contribution < -0.4 is 15.5 Å². The average Bonchev–Trinajstić information content (AvgIpc) is 3.17. The SMILES string of the molecule is Cc1ccccc1NC(=S)NC1C[C@H]2CC[C@H](C1)[NH+]2Cc1ccco1. The normalized spacial score (nSPS) is 27.9. The molecule has 3 N–H and O–H groups in total. The van der Waals surface area contributed by atoms with Gasteiger partial charge in [-0.15, -0.1) is 0 Å². The number of para-hydroxylation sites is 1. The molecule has 0 saturated carbocycles. The molecule has 0 spiro atoms. The first-order chi connectivity index (χ1) is 12.2. The van der Waals surface area contributed by atoms with Gasteiger partial charge in [-0.25, -0.2) is 0 Å². The van der Waals surface area contributed by atoms with E-state index in [-0.39, 0.29) is 0 Å². The number of hydrogen-bond donors (Lipinski definition) is 3. The Kier molecular flexibility index (Phi) is 4.77. The monoisotopic (exact) mass is 356 g/mol. The molecule has 2 bridgehead atoms. The highest BCUT2D eigenvalue weighted by molar-refractivity contribution is 7.80. The number of aryl methyl sites for hydroxylation is 1. The number of piperidine rings is 1. The summed E-state index contributed by atoms with van der Waals surface area (Å²) in [6.07, 6.45) is 6.78. The van der Waals surface area contributed by atoms with Crippen LogP contribution in [0, 0.1) is 6.92 Å². The number of quaternary nitrogens is 1. The van der Waals surface area contributed by atoms with Crippen molar-refractivity contribution in [3.05, 3.63) is 54.0 Å². The maximum Gasteiger partial charge on any atom is 0.171 e. The topological polar surface area (TPSA) is 41.6 Å². The Balaban J connectivity index is 1.33. The molecular formula is C20H26N3OS+. The van der Waals surface area contributed by atoms with Gasteiger partial charge in [-0.2, -0.15) is 0 Å². The number of thiocarbonyl (C=S) groups is 1. The predicted octanol–water partition coefficient (Wildman–Crippen LogP) is 2.65. The van der Waals surface area contributed by atoms with Gasteiger partial charge in [0.05, 0.1) is 18.3 Å². The van der Waals surface area contributed by atoms with Crippen LogP contribution in [0.2, 0.25) is 0 Å². The van der Waals surface area contributed by atoms with Gasteiger partial charge in [0, 0.05) is 37.4 Å².